The predicted octanol–water partition coefficient (Wildman–Crippen LogP) is 8.09. The zero-order valence-electron chi connectivity index (χ0n) is 20.0. The van der Waals surface area contributed by atoms with Gasteiger partial charge in [0.25, 0.3) is 0 Å². The van der Waals surface area contributed by atoms with E-state index in [9.17, 15) is 4.79 Å². The fourth-order valence-electron chi connectivity index (χ4n) is 6.02. The molecule has 2 aliphatic carbocycles. The van der Waals surface area contributed by atoms with Crippen LogP contribution in [0.25, 0.3) is 0 Å². The van der Waals surface area contributed by atoms with Gasteiger partial charge in [0.05, 0.1) is 6.07 Å². The van der Waals surface area contributed by atoms with Crippen LogP contribution in [-0.4, -0.2) is 6.29 Å². The second kappa shape index (κ2) is 12.8. The number of hydrogen-bond donors (Lipinski definition) is 0. The summed E-state index contributed by atoms with van der Waals surface area (Å²) in [5, 5.41) is 8.53. The largest absolute Gasteiger partial charge is 0.303 e. The molecule has 0 bridgehead atoms. The molecule has 3 rings (SSSR count). The first-order valence-electron chi connectivity index (χ1n) is 13.0. The lowest BCUT2D eigenvalue weighted by Crippen LogP contribution is -2.32. The highest BCUT2D eigenvalue weighted by Crippen LogP contribution is 2.48. The molecule has 1 aromatic carbocycles. The van der Waals surface area contributed by atoms with E-state index < -0.39 is 0 Å². The minimum atomic E-state index is -0.115. The molecule has 0 N–H and O–H groups in total. The van der Waals surface area contributed by atoms with E-state index in [-0.39, 0.29) is 5.41 Å². The summed E-state index contributed by atoms with van der Waals surface area (Å²) in [5.41, 5.74) is 2.92. The normalized spacial score (nSPS) is 28.7. The van der Waals surface area contributed by atoms with Crippen LogP contribution in [0.1, 0.15) is 101 Å². The Morgan fingerprint density at radius 3 is 2.31 bits per heavy atom. The highest BCUT2D eigenvalue weighted by molar-refractivity contribution is 5.59. The molecule has 0 radical (unpaired) electrons. The van der Waals surface area contributed by atoms with Gasteiger partial charge in [-0.25, -0.2) is 0 Å². The molecule has 0 unspecified atom stereocenters. The molecular weight excluding hydrogens is 390 g/mol. The number of aldehydes is 1. The molecular formula is C30H41NO. The van der Waals surface area contributed by atoms with Crippen LogP contribution in [0.5, 0.6) is 0 Å². The third kappa shape index (κ3) is 6.93. The van der Waals surface area contributed by atoms with Crippen molar-refractivity contribution in [2.24, 2.45) is 17.3 Å². The van der Waals surface area contributed by atoms with Gasteiger partial charge in [-0.15, -0.1) is 0 Å². The molecule has 1 aromatic rings. The molecule has 0 heterocycles. The molecule has 0 aromatic heterocycles. The van der Waals surface area contributed by atoms with Crippen molar-refractivity contribution < 1.29 is 4.79 Å². The molecule has 2 aliphatic rings. The minimum Gasteiger partial charge on any atom is -0.303 e. The van der Waals surface area contributed by atoms with Gasteiger partial charge in [-0.2, -0.15) is 5.26 Å². The standard InChI is InChI=1S/C30H41NO/c1-2-3-9-25-10-12-26(13-11-25)27-14-16-28(17-15-27)29-18-21-30(24-32,22-19-29)20-7-5-4-6-8-23-31/h4-6,8,10-13,24,27-29H,2-3,7,9,14-22H2,1H3. The molecule has 0 atom stereocenters. The van der Waals surface area contributed by atoms with Crippen LogP contribution < -0.4 is 0 Å². The van der Waals surface area contributed by atoms with Crippen molar-refractivity contribution in [2.45, 2.75) is 96.3 Å². The Morgan fingerprint density at radius 1 is 1.00 bits per heavy atom. The number of allylic oxidation sites excluding steroid dienone is 4. The zero-order chi connectivity index (χ0) is 22.7. The monoisotopic (exact) mass is 431 g/mol. The maximum absolute atomic E-state index is 11.9. The number of benzene rings is 1. The Labute approximate surface area is 195 Å². The zero-order valence-corrected chi connectivity index (χ0v) is 20.0. The maximum atomic E-state index is 11.9. The van der Waals surface area contributed by atoms with Crippen molar-refractivity contribution in [1.29, 1.82) is 5.26 Å². The van der Waals surface area contributed by atoms with E-state index in [4.69, 9.17) is 5.26 Å². The molecule has 172 valence electrons. The van der Waals surface area contributed by atoms with Crippen LogP contribution >= 0.6 is 0 Å². The van der Waals surface area contributed by atoms with Gasteiger partial charge in [-0.3, -0.25) is 0 Å². The number of rotatable bonds is 10. The summed E-state index contributed by atoms with van der Waals surface area (Å²) >= 11 is 0. The Hall–Kier alpha value is -2.14. The summed E-state index contributed by atoms with van der Waals surface area (Å²) < 4.78 is 0. The number of carbonyl (C=O) groups is 1. The van der Waals surface area contributed by atoms with E-state index in [1.807, 2.05) is 12.1 Å². The first kappa shape index (κ1) is 24.5. The van der Waals surface area contributed by atoms with E-state index in [1.165, 1.54) is 75.7 Å². The Bertz CT molecular complexity index is 781. The molecule has 0 amide bonds. The molecule has 2 saturated carbocycles. The van der Waals surface area contributed by atoms with E-state index in [1.54, 1.807) is 11.6 Å². The van der Waals surface area contributed by atoms with Gasteiger partial charge in [-0.05, 0) is 106 Å². The van der Waals surface area contributed by atoms with Gasteiger partial charge < -0.3 is 4.79 Å². The second-order valence-corrected chi connectivity index (χ2v) is 10.2. The Balaban J connectivity index is 1.43. The number of nitrogens with zero attached hydrogens (tertiary/aromatic N) is 1. The third-order valence-electron chi connectivity index (χ3n) is 8.21. The summed E-state index contributed by atoms with van der Waals surface area (Å²) in [7, 11) is 0. The molecule has 32 heavy (non-hydrogen) atoms. The highest BCUT2D eigenvalue weighted by Gasteiger charge is 2.38. The van der Waals surface area contributed by atoms with E-state index in [0.717, 1.165) is 43.4 Å². The quantitative estimate of drug-likeness (QED) is 0.213. The van der Waals surface area contributed by atoms with Crippen LogP contribution in [0.4, 0.5) is 0 Å². The van der Waals surface area contributed by atoms with Crippen LogP contribution in [0, 0.1) is 28.6 Å². The summed E-state index contributed by atoms with van der Waals surface area (Å²) in [4.78, 5) is 11.9. The average Bonchev–Trinajstić information content (AvgIpc) is 2.86. The van der Waals surface area contributed by atoms with Crippen LogP contribution in [0.15, 0.2) is 48.6 Å². The lowest BCUT2D eigenvalue weighted by atomic mass is 9.63. The van der Waals surface area contributed by atoms with Gasteiger partial charge in [-0.1, -0.05) is 55.8 Å². The van der Waals surface area contributed by atoms with E-state index >= 15 is 0 Å². The van der Waals surface area contributed by atoms with Crippen molar-refractivity contribution in [3.05, 3.63) is 59.7 Å². The molecule has 2 heteroatoms. The van der Waals surface area contributed by atoms with Crippen molar-refractivity contribution >= 4 is 6.29 Å². The minimum absolute atomic E-state index is 0.115. The van der Waals surface area contributed by atoms with Crippen LogP contribution in [0.3, 0.4) is 0 Å². The molecule has 0 spiro atoms. The summed E-state index contributed by atoms with van der Waals surface area (Å²) in [5.74, 6) is 2.41. The lowest BCUT2D eigenvalue weighted by Gasteiger charge is -2.41. The van der Waals surface area contributed by atoms with Gasteiger partial charge in [0.15, 0.2) is 0 Å². The molecule has 2 fully saturated rings. The fraction of sp³-hybridized carbons (Fsp3) is 0.600. The predicted molar refractivity (Wildman–Crippen MR) is 133 cm³/mol. The number of aryl methyl sites for hydroxylation is 1. The third-order valence-corrected chi connectivity index (χ3v) is 8.21. The number of hydrogen-bond acceptors (Lipinski definition) is 2. The van der Waals surface area contributed by atoms with Gasteiger partial charge in [0.1, 0.15) is 6.29 Å². The number of carbonyl (C=O) groups excluding carboxylic acids is 1. The summed E-state index contributed by atoms with van der Waals surface area (Å²) in [6, 6.07) is 11.5. The van der Waals surface area contributed by atoms with Crippen molar-refractivity contribution in [2.75, 3.05) is 0 Å². The van der Waals surface area contributed by atoms with Crippen LogP contribution in [-0.2, 0) is 11.2 Å². The van der Waals surface area contributed by atoms with E-state index in [2.05, 4.69) is 37.3 Å². The first-order valence-corrected chi connectivity index (χ1v) is 13.0. The summed E-state index contributed by atoms with van der Waals surface area (Å²) in [6.45, 7) is 2.26. The SMILES string of the molecule is CCCCc1ccc(C2CCC(C3CCC(C=O)(CCC=CC=CC#N)CC3)CC2)cc1. The highest BCUT2D eigenvalue weighted by atomic mass is 16.1. The van der Waals surface area contributed by atoms with Gasteiger partial charge in [0.2, 0.25) is 0 Å². The molecule has 2 nitrogen and oxygen atoms in total. The number of nitriles is 1. The van der Waals surface area contributed by atoms with Crippen LogP contribution in [0.2, 0.25) is 0 Å². The molecule has 0 saturated heterocycles. The van der Waals surface area contributed by atoms with E-state index in [0.29, 0.717) is 0 Å². The maximum Gasteiger partial charge on any atom is 0.126 e. The van der Waals surface area contributed by atoms with Crippen molar-refractivity contribution in [1.82, 2.24) is 0 Å². The molecule has 0 aliphatic heterocycles. The second-order valence-electron chi connectivity index (χ2n) is 10.2. The van der Waals surface area contributed by atoms with Crippen molar-refractivity contribution in [3.63, 3.8) is 0 Å². The van der Waals surface area contributed by atoms with Gasteiger partial charge >= 0.3 is 0 Å². The van der Waals surface area contributed by atoms with Crippen molar-refractivity contribution in [3.8, 4) is 6.07 Å². The smallest absolute Gasteiger partial charge is 0.126 e. The first-order chi connectivity index (χ1) is 15.7. The average molecular weight is 432 g/mol. The Morgan fingerprint density at radius 2 is 1.69 bits per heavy atom. The van der Waals surface area contributed by atoms with Gasteiger partial charge in [0, 0.05) is 11.5 Å². The number of unbranched alkanes of at least 4 members (excludes halogenated alkanes) is 1. The Kier molecular flexibility index (Phi) is 9.79. The fourth-order valence-corrected chi connectivity index (χ4v) is 6.02. The summed E-state index contributed by atoms with van der Waals surface area (Å²) in [6.07, 6.45) is 24.1. The topological polar surface area (TPSA) is 40.9 Å². The lowest BCUT2D eigenvalue weighted by molar-refractivity contribution is -0.119.